The predicted molar refractivity (Wildman–Crippen MR) is 88.6 cm³/mol. The fraction of sp³-hybridized carbons (Fsp3) is 0.385. The van der Waals surface area contributed by atoms with Crippen LogP contribution in [0.25, 0.3) is 10.2 Å². The number of fused-ring (bicyclic) bond motifs is 1. The lowest BCUT2D eigenvalue weighted by Gasteiger charge is -2.15. The van der Waals surface area contributed by atoms with Gasteiger partial charge >= 0.3 is 6.03 Å². The molecule has 1 saturated heterocycles. The highest BCUT2D eigenvalue weighted by atomic mass is 35.5. The van der Waals surface area contributed by atoms with Crippen LogP contribution in [0.4, 0.5) is 10.5 Å². The molecule has 2 heterocycles. The van der Waals surface area contributed by atoms with Crippen LogP contribution in [0.5, 0.6) is 0 Å². The van der Waals surface area contributed by atoms with E-state index < -0.39 is 27.3 Å². The second kappa shape index (κ2) is 5.68. The second-order valence-electron chi connectivity index (χ2n) is 5.21. The summed E-state index contributed by atoms with van der Waals surface area (Å²) in [5.74, 6) is -0.229. The highest BCUT2D eigenvalue weighted by Gasteiger charge is 2.37. The lowest BCUT2D eigenvalue weighted by Crippen LogP contribution is -2.42. The lowest BCUT2D eigenvalue weighted by atomic mass is 10.2. The van der Waals surface area contributed by atoms with E-state index in [1.54, 1.807) is 17.4 Å². The number of nitrogens with one attached hydrogen (secondary N) is 2. The number of anilines is 1. The molecule has 0 bridgehead atoms. The smallest absolute Gasteiger partial charge is 0.319 e. The second-order valence-corrected chi connectivity index (χ2v) is 9.16. The average Bonchev–Trinajstić information content (AvgIpc) is 2.87. The number of sulfone groups is 1. The van der Waals surface area contributed by atoms with Gasteiger partial charge < -0.3 is 10.6 Å². The number of benzene rings is 1. The van der Waals surface area contributed by atoms with Crippen molar-refractivity contribution in [3.8, 4) is 0 Å². The average molecular weight is 360 g/mol. The Morgan fingerprint density at radius 1 is 1.41 bits per heavy atom. The highest BCUT2D eigenvalue weighted by Crippen LogP contribution is 2.25. The molecule has 2 atom stereocenters. The number of hydrogen-bond donors (Lipinski definition) is 2. The maximum absolute atomic E-state index is 12.0. The summed E-state index contributed by atoms with van der Waals surface area (Å²) in [6, 6.07) is 4.39. The van der Waals surface area contributed by atoms with Crippen LogP contribution in [-0.2, 0) is 9.84 Å². The van der Waals surface area contributed by atoms with Crippen LogP contribution >= 0.6 is 22.9 Å². The molecular weight excluding hydrogens is 346 g/mol. The molecule has 1 aliphatic rings. The van der Waals surface area contributed by atoms with Gasteiger partial charge in [0.2, 0.25) is 0 Å². The topological polar surface area (TPSA) is 88.2 Å². The summed E-state index contributed by atoms with van der Waals surface area (Å²) in [6.07, 6.45) is 0. The van der Waals surface area contributed by atoms with Gasteiger partial charge in [0.05, 0.1) is 38.1 Å². The normalized spacial score (nSPS) is 23.5. The number of nitrogens with zero attached hydrogens (tertiary/aromatic N) is 1. The predicted octanol–water partition coefficient (Wildman–Crippen LogP) is 2.13. The molecule has 1 fully saturated rings. The molecule has 0 unspecified atom stereocenters. The Labute approximate surface area is 136 Å². The summed E-state index contributed by atoms with van der Waals surface area (Å²) in [5.41, 5.74) is 1.51. The maximum Gasteiger partial charge on any atom is 0.319 e. The van der Waals surface area contributed by atoms with E-state index in [0.717, 1.165) is 15.2 Å². The van der Waals surface area contributed by atoms with Crippen molar-refractivity contribution in [1.29, 1.82) is 0 Å². The standard InChI is InChI=1S/C13H14ClN3O3S2/c1-7-15-10-3-2-8(4-12(10)21-7)16-13(18)17-11-6-22(19,20)5-9(11)14/h2-4,9,11H,5-6H2,1H3,(H2,16,17,18)/t9-,11-/m1/s1. The Kier molecular flexibility index (Phi) is 4.00. The van der Waals surface area contributed by atoms with Crippen molar-refractivity contribution in [2.24, 2.45) is 0 Å². The summed E-state index contributed by atoms with van der Waals surface area (Å²) in [6.45, 7) is 1.92. The monoisotopic (exact) mass is 359 g/mol. The largest absolute Gasteiger partial charge is 0.333 e. The van der Waals surface area contributed by atoms with Crippen LogP contribution in [0, 0.1) is 6.92 Å². The zero-order valence-electron chi connectivity index (χ0n) is 11.7. The maximum atomic E-state index is 12.0. The van der Waals surface area contributed by atoms with Crippen LogP contribution < -0.4 is 10.6 Å². The summed E-state index contributed by atoms with van der Waals surface area (Å²) in [4.78, 5) is 16.3. The van der Waals surface area contributed by atoms with Gasteiger partial charge in [-0.05, 0) is 25.1 Å². The number of thiazole rings is 1. The van der Waals surface area contributed by atoms with Crippen molar-refractivity contribution in [3.05, 3.63) is 23.2 Å². The first-order valence-corrected chi connectivity index (χ1v) is 9.69. The number of carbonyl (C=O) groups is 1. The first kappa shape index (κ1) is 15.5. The van der Waals surface area contributed by atoms with Gasteiger partial charge in [0, 0.05) is 5.69 Å². The fourth-order valence-electron chi connectivity index (χ4n) is 2.39. The van der Waals surface area contributed by atoms with Gasteiger partial charge in [-0.1, -0.05) is 0 Å². The van der Waals surface area contributed by atoms with Gasteiger partial charge in [0.15, 0.2) is 9.84 Å². The van der Waals surface area contributed by atoms with Crippen LogP contribution in [0.1, 0.15) is 5.01 Å². The fourth-order valence-corrected chi connectivity index (χ4v) is 5.81. The molecule has 2 N–H and O–H groups in total. The summed E-state index contributed by atoms with van der Waals surface area (Å²) < 4.78 is 23.9. The molecule has 0 radical (unpaired) electrons. The Morgan fingerprint density at radius 3 is 2.86 bits per heavy atom. The summed E-state index contributed by atoms with van der Waals surface area (Å²) in [5, 5.41) is 5.67. The van der Waals surface area contributed by atoms with E-state index in [1.807, 2.05) is 19.1 Å². The highest BCUT2D eigenvalue weighted by molar-refractivity contribution is 7.91. The van der Waals surface area contributed by atoms with Crippen molar-refractivity contribution in [2.45, 2.75) is 18.3 Å². The Balaban J connectivity index is 1.68. The Bertz CT molecular complexity index is 834. The number of carbonyl (C=O) groups excluding carboxylic acids is 1. The first-order valence-electron chi connectivity index (χ1n) is 6.62. The number of aromatic nitrogens is 1. The number of halogens is 1. The van der Waals surface area contributed by atoms with E-state index in [0.29, 0.717) is 5.69 Å². The Morgan fingerprint density at radius 2 is 2.18 bits per heavy atom. The minimum atomic E-state index is -3.17. The molecule has 1 aromatic carbocycles. The van der Waals surface area contributed by atoms with E-state index in [-0.39, 0.29) is 11.5 Å². The Hall–Kier alpha value is -1.38. The molecule has 0 aliphatic carbocycles. The third-order valence-corrected chi connectivity index (χ3v) is 6.66. The van der Waals surface area contributed by atoms with Gasteiger partial charge in [0.1, 0.15) is 0 Å². The van der Waals surface area contributed by atoms with Gasteiger partial charge in [-0.2, -0.15) is 0 Å². The van der Waals surface area contributed by atoms with E-state index in [4.69, 9.17) is 11.6 Å². The minimum absolute atomic E-state index is 0.106. The molecule has 0 spiro atoms. The number of hydrogen-bond acceptors (Lipinski definition) is 5. The molecule has 118 valence electrons. The quantitative estimate of drug-likeness (QED) is 0.804. The molecular formula is C13H14ClN3O3S2. The molecule has 1 aliphatic heterocycles. The van der Waals surface area contributed by atoms with Gasteiger partial charge in [0.25, 0.3) is 0 Å². The van der Waals surface area contributed by atoms with Gasteiger partial charge in [-0.15, -0.1) is 22.9 Å². The van der Waals surface area contributed by atoms with Crippen LogP contribution in [0.3, 0.4) is 0 Å². The third-order valence-electron chi connectivity index (χ3n) is 3.35. The zero-order chi connectivity index (χ0) is 15.9. The van der Waals surface area contributed by atoms with Crippen molar-refractivity contribution in [1.82, 2.24) is 10.3 Å². The van der Waals surface area contributed by atoms with E-state index in [9.17, 15) is 13.2 Å². The summed E-state index contributed by atoms with van der Waals surface area (Å²) in [7, 11) is -3.17. The zero-order valence-corrected chi connectivity index (χ0v) is 14.1. The van der Waals surface area contributed by atoms with Gasteiger partial charge in [-0.3, -0.25) is 0 Å². The van der Waals surface area contributed by atoms with Crippen molar-refractivity contribution in [3.63, 3.8) is 0 Å². The van der Waals surface area contributed by atoms with Crippen molar-refractivity contribution >= 4 is 54.7 Å². The van der Waals surface area contributed by atoms with Crippen molar-refractivity contribution in [2.75, 3.05) is 16.8 Å². The van der Waals surface area contributed by atoms with E-state index in [1.165, 1.54) is 0 Å². The minimum Gasteiger partial charge on any atom is -0.333 e. The molecule has 9 heteroatoms. The lowest BCUT2D eigenvalue weighted by molar-refractivity contribution is 0.249. The molecule has 0 saturated carbocycles. The molecule has 6 nitrogen and oxygen atoms in total. The molecule has 22 heavy (non-hydrogen) atoms. The number of amides is 2. The first-order chi connectivity index (χ1) is 10.3. The van der Waals surface area contributed by atoms with E-state index >= 15 is 0 Å². The number of rotatable bonds is 2. The third kappa shape index (κ3) is 3.34. The number of alkyl halides is 1. The van der Waals surface area contributed by atoms with Crippen molar-refractivity contribution < 1.29 is 13.2 Å². The molecule has 3 rings (SSSR count). The van der Waals surface area contributed by atoms with Gasteiger partial charge in [-0.25, -0.2) is 18.2 Å². The van der Waals surface area contributed by atoms with Crippen LogP contribution in [0.2, 0.25) is 0 Å². The number of aryl methyl sites for hydroxylation is 1. The van der Waals surface area contributed by atoms with Crippen LogP contribution in [-0.4, -0.2) is 42.4 Å². The molecule has 2 amide bonds. The molecule has 2 aromatic rings. The van der Waals surface area contributed by atoms with E-state index in [2.05, 4.69) is 15.6 Å². The molecule has 1 aromatic heterocycles. The SMILES string of the molecule is Cc1nc2ccc(NC(=O)N[C@@H]3CS(=O)(=O)C[C@H]3Cl)cc2s1. The van der Waals surface area contributed by atoms with Crippen LogP contribution in [0.15, 0.2) is 18.2 Å². The summed E-state index contributed by atoms with van der Waals surface area (Å²) >= 11 is 7.51. The number of urea groups is 1.